The van der Waals surface area contributed by atoms with Crippen LogP contribution in [0.5, 0.6) is 0 Å². The Hall–Kier alpha value is -2.63. The fourth-order valence-corrected chi connectivity index (χ4v) is 2.28. The number of carbonyl (C=O) groups excluding carboxylic acids is 1. The zero-order chi connectivity index (χ0) is 14.8. The summed E-state index contributed by atoms with van der Waals surface area (Å²) in [6, 6.07) is 5.79. The number of aromatic nitrogens is 3. The first kappa shape index (κ1) is 13.4. The highest BCUT2D eigenvalue weighted by atomic mass is 16.5. The summed E-state index contributed by atoms with van der Waals surface area (Å²) in [4.78, 5) is 16.7. The van der Waals surface area contributed by atoms with E-state index in [1.165, 1.54) is 0 Å². The zero-order valence-corrected chi connectivity index (χ0v) is 12.0. The van der Waals surface area contributed by atoms with Gasteiger partial charge in [-0.25, -0.2) is 4.98 Å². The molecule has 108 valence electrons. The van der Waals surface area contributed by atoms with E-state index in [1.54, 1.807) is 6.92 Å². The van der Waals surface area contributed by atoms with Gasteiger partial charge in [-0.05, 0) is 25.5 Å². The SMILES string of the molecule is CCc1noc(C)c1C(=O)NCc1cn2ccccc2n1. The third kappa shape index (κ3) is 2.52. The Balaban J connectivity index is 1.75. The summed E-state index contributed by atoms with van der Waals surface area (Å²) in [6.45, 7) is 4.05. The second-order valence-electron chi connectivity index (χ2n) is 4.80. The molecule has 0 bridgehead atoms. The number of aryl methyl sites for hydroxylation is 2. The molecule has 3 heterocycles. The number of hydrogen-bond donors (Lipinski definition) is 1. The van der Waals surface area contributed by atoms with Crippen LogP contribution in [0, 0.1) is 6.92 Å². The van der Waals surface area contributed by atoms with Crippen LogP contribution in [0.3, 0.4) is 0 Å². The molecule has 0 aliphatic carbocycles. The summed E-state index contributed by atoms with van der Waals surface area (Å²) in [5, 5.41) is 6.75. The minimum Gasteiger partial charge on any atom is -0.361 e. The highest BCUT2D eigenvalue weighted by Gasteiger charge is 2.18. The predicted octanol–water partition coefficient (Wildman–Crippen LogP) is 2.12. The van der Waals surface area contributed by atoms with Crippen molar-refractivity contribution in [2.75, 3.05) is 0 Å². The summed E-state index contributed by atoms with van der Waals surface area (Å²) in [5.41, 5.74) is 2.88. The Morgan fingerprint density at radius 2 is 2.29 bits per heavy atom. The van der Waals surface area contributed by atoms with Gasteiger partial charge in [0, 0.05) is 12.4 Å². The van der Waals surface area contributed by atoms with Crippen LogP contribution in [0.2, 0.25) is 0 Å². The van der Waals surface area contributed by atoms with Crippen molar-refractivity contribution in [3.05, 3.63) is 53.3 Å². The molecule has 0 spiro atoms. The topological polar surface area (TPSA) is 72.4 Å². The van der Waals surface area contributed by atoms with Gasteiger partial charge in [-0.1, -0.05) is 18.1 Å². The fraction of sp³-hybridized carbons (Fsp3) is 0.267. The Bertz CT molecular complexity index is 755. The lowest BCUT2D eigenvalue weighted by Gasteiger charge is -2.02. The van der Waals surface area contributed by atoms with Crippen LogP contribution >= 0.6 is 0 Å². The van der Waals surface area contributed by atoms with Gasteiger partial charge in [-0.3, -0.25) is 4.79 Å². The van der Waals surface area contributed by atoms with E-state index in [1.807, 2.05) is 41.9 Å². The van der Waals surface area contributed by atoms with Gasteiger partial charge in [0.15, 0.2) is 0 Å². The molecule has 6 nitrogen and oxygen atoms in total. The molecule has 0 aliphatic rings. The maximum Gasteiger partial charge on any atom is 0.257 e. The highest BCUT2D eigenvalue weighted by Crippen LogP contribution is 2.14. The Morgan fingerprint density at radius 3 is 3.05 bits per heavy atom. The Labute approximate surface area is 121 Å². The average Bonchev–Trinajstić information content (AvgIpc) is 3.07. The van der Waals surface area contributed by atoms with Crippen LogP contribution in [0.4, 0.5) is 0 Å². The minimum absolute atomic E-state index is 0.178. The summed E-state index contributed by atoms with van der Waals surface area (Å²) >= 11 is 0. The minimum atomic E-state index is -0.178. The monoisotopic (exact) mass is 284 g/mol. The lowest BCUT2D eigenvalue weighted by molar-refractivity contribution is 0.0948. The first-order valence-corrected chi connectivity index (χ1v) is 6.85. The third-order valence-electron chi connectivity index (χ3n) is 3.34. The molecule has 0 atom stereocenters. The summed E-state index contributed by atoms with van der Waals surface area (Å²) in [5.74, 6) is 0.363. The van der Waals surface area contributed by atoms with Crippen LogP contribution in [0.1, 0.15) is 34.4 Å². The molecule has 0 saturated heterocycles. The number of rotatable bonds is 4. The van der Waals surface area contributed by atoms with E-state index < -0.39 is 0 Å². The highest BCUT2D eigenvalue weighted by molar-refractivity contribution is 5.96. The molecule has 0 unspecified atom stereocenters. The van der Waals surface area contributed by atoms with Crippen molar-refractivity contribution in [2.24, 2.45) is 0 Å². The molecule has 0 aliphatic heterocycles. The van der Waals surface area contributed by atoms with Crippen LogP contribution in [0.15, 0.2) is 35.1 Å². The molecule has 3 aromatic rings. The molecule has 21 heavy (non-hydrogen) atoms. The van der Waals surface area contributed by atoms with E-state index in [4.69, 9.17) is 4.52 Å². The van der Waals surface area contributed by atoms with Gasteiger partial charge in [0.05, 0.1) is 17.9 Å². The van der Waals surface area contributed by atoms with Gasteiger partial charge >= 0.3 is 0 Å². The number of amides is 1. The van der Waals surface area contributed by atoms with Crippen molar-refractivity contribution >= 4 is 11.6 Å². The molecule has 0 radical (unpaired) electrons. The van der Waals surface area contributed by atoms with Gasteiger partial charge in [-0.15, -0.1) is 0 Å². The number of imidazole rings is 1. The number of fused-ring (bicyclic) bond motifs is 1. The van der Waals surface area contributed by atoms with Crippen LogP contribution in [-0.4, -0.2) is 20.4 Å². The number of nitrogens with one attached hydrogen (secondary N) is 1. The van der Waals surface area contributed by atoms with Crippen molar-refractivity contribution in [3.63, 3.8) is 0 Å². The third-order valence-corrected chi connectivity index (χ3v) is 3.34. The number of carbonyl (C=O) groups is 1. The van der Waals surface area contributed by atoms with E-state index in [0.717, 1.165) is 11.3 Å². The molecular weight excluding hydrogens is 268 g/mol. The maximum atomic E-state index is 12.2. The number of hydrogen-bond acceptors (Lipinski definition) is 4. The van der Waals surface area contributed by atoms with Gasteiger partial charge < -0.3 is 14.2 Å². The lowest BCUT2D eigenvalue weighted by Crippen LogP contribution is -2.24. The first-order chi connectivity index (χ1) is 10.2. The van der Waals surface area contributed by atoms with Crippen LogP contribution < -0.4 is 5.32 Å². The van der Waals surface area contributed by atoms with Crippen molar-refractivity contribution in [3.8, 4) is 0 Å². The molecule has 6 heteroatoms. The predicted molar refractivity (Wildman–Crippen MR) is 77.0 cm³/mol. The van der Waals surface area contributed by atoms with Crippen molar-refractivity contribution in [1.29, 1.82) is 0 Å². The smallest absolute Gasteiger partial charge is 0.257 e. The van der Waals surface area contributed by atoms with E-state index in [9.17, 15) is 4.79 Å². The molecule has 0 aromatic carbocycles. The molecule has 1 amide bonds. The molecule has 0 fully saturated rings. The number of pyridine rings is 1. The Kier molecular flexibility index (Phi) is 3.43. The Morgan fingerprint density at radius 1 is 1.43 bits per heavy atom. The first-order valence-electron chi connectivity index (χ1n) is 6.85. The molecular formula is C15H16N4O2. The summed E-state index contributed by atoms with van der Waals surface area (Å²) in [6.07, 6.45) is 4.48. The zero-order valence-electron chi connectivity index (χ0n) is 12.0. The van der Waals surface area contributed by atoms with E-state index in [-0.39, 0.29) is 5.91 Å². The molecule has 3 aromatic heterocycles. The van der Waals surface area contributed by atoms with Gasteiger partial charge in [0.2, 0.25) is 0 Å². The standard InChI is InChI=1S/C15H16N4O2/c1-3-12-14(10(2)21-18-12)15(20)16-8-11-9-19-7-5-4-6-13(19)17-11/h4-7,9H,3,8H2,1-2H3,(H,16,20). The molecule has 0 saturated carbocycles. The second kappa shape index (κ2) is 5.40. The van der Waals surface area contributed by atoms with Crippen molar-refractivity contribution in [1.82, 2.24) is 19.9 Å². The van der Waals surface area contributed by atoms with E-state index in [0.29, 0.717) is 30.0 Å². The van der Waals surface area contributed by atoms with Gasteiger partial charge in [0.25, 0.3) is 5.91 Å². The normalized spacial score (nSPS) is 11.0. The van der Waals surface area contributed by atoms with Crippen LogP contribution in [0.25, 0.3) is 5.65 Å². The number of nitrogens with zero attached hydrogens (tertiary/aromatic N) is 3. The maximum absolute atomic E-state index is 12.2. The molecule has 1 N–H and O–H groups in total. The average molecular weight is 284 g/mol. The fourth-order valence-electron chi connectivity index (χ4n) is 2.28. The second-order valence-corrected chi connectivity index (χ2v) is 4.80. The summed E-state index contributed by atoms with van der Waals surface area (Å²) in [7, 11) is 0. The summed E-state index contributed by atoms with van der Waals surface area (Å²) < 4.78 is 7.00. The van der Waals surface area contributed by atoms with E-state index >= 15 is 0 Å². The quantitative estimate of drug-likeness (QED) is 0.796. The van der Waals surface area contributed by atoms with Crippen LogP contribution in [-0.2, 0) is 13.0 Å². The van der Waals surface area contributed by atoms with Gasteiger partial charge in [-0.2, -0.15) is 0 Å². The van der Waals surface area contributed by atoms with E-state index in [2.05, 4.69) is 15.5 Å². The lowest BCUT2D eigenvalue weighted by atomic mass is 10.1. The van der Waals surface area contributed by atoms with Gasteiger partial charge in [0.1, 0.15) is 17.0 Å². The van der Waals surface area contributed by atoms with Crippen molar-refractivity contribution < 1.29 is 9.32 Å². The van der Waals surface area contributed by atoms with Crippen molar-refractivity contribution in [2.45, 2.75) is 26.8 Å². The largest absolute Gasteiger partial charge is 0.361 e. The molecule has 3 rings (SSSR count).